The van der Waals surface area contributed by atoms with Gasteiger partial charge in [0.1, 0.15) is 0 Å². The molecule has 6 aromatic rings. The van der Waals surface area contributed by atoms with Gasteiger partial charge in [0.25, 0.3) is 0 Å². The summed E-state index contributed by atoms with van der Waals surface area (Å²) in [5, 5.41) is 5.48. The average Bonchev–Trinajstić information content (AvgIpc) is 3.60. The second-order valence-corrected chi connectivity index (χ2v) is 17.1. The van der Waals surface area contributed by atoms with Crippen LogP contribution in [-0.2, 0) is 40.1 Å². The minimum absolute atomic E-state index is 0.203. The van der Waals surface area contributed by atoms with Crippen molar-refractivity contribution in [2.75, 3.05) is 0 Å². The van der Waals surface area contributed by atoms with Crippen molar-refractivity contribution in [3.05, 3.63) is 155 Å². The van der Waals surface area contributed by atoms with Crippen molar-refractivity contribution in [3.8, 4) is 0 Å². The third-order valence-corrected chi connectivity index (χ3v) is 10.4. The van der Waals surface area contributed by atoms with Crippen LogP contribution in [0.3, 0.4) is 0 Å². The molecule has 45 heavy (non-hydrogen) atoms. The Morgan fingerprint density at radius 3 is 1.22 bits per heavy atom. The molecule has 0 aliphatic carbocycles. The molecular formula is C44H50Hf. The molecule has 0 nitrogen and oxygen atoms in total. The standard InChI is InChI=1S/C21H25.C13H10.C10H15.Hf/c1-20(2,3)16-7-9-18-14(12-16)11-15-13-17(21(4,5)6)8-10-19(15)18;1-3-7-12(8-4-1)11-13-9-5-2-6-10-13;1-8-5-6-9(7-8)10(2,3)4;/h7-13H,1-6H3;1-10H;5-7H,1-4H3;/q-1;;-1;+2. The first kappa shape index (κ1) is 34.7. The molecule has 0 N–H and O–H groups in total. The van der Waals surface area contributed by atoms with Gasteiger partial charge in [-0.3, -0.25) is 0 Å². The number of aryl methyl sites for hydroxylation is 1. The van der Waals surface area contributed by atoms with Gasteiger partial charge in [-0.2, -0.15) is 23.3 Å². The second-order valence-electron chi connectivity index (χ2n) is 15.3. The zero-order chi connectivity index (χ0) is 33.0. The van der Waals surface area contributed by atoms with Crippen LogP contribution in [0.25, 0.3) is 21.5 Å². The molecule has 0 unspecified atom stereocenters. The first-order valence-electron chi connectivity index (χ1n) is 16.1. The molecule has 0 radical (unpaired) electrons. The van der Waals surface area contributed by atoms with Gasteiger partial charge in [-0.1, -0.05) is 110 Å². The van der Waals surface area contributed by atoms with Crippen LogP contribution in [0.2, 0.25) is 0 Å². The fourth-order valence-electron chi connectivity index (χ4n) is 5.36. The van der Waals surface area contributed by atoms with E-state index in [0.717, 1.165) is 23.9 Å². The van der Waals surface area contributed by atoms with Crippen molar-refractivity contribution < 1.29 is 23.9 Å². The number of benzene rings is 4. The molecular weight excluding hydrogens is 707 g/mol. The van der Waals surface area contributed by atoms with Crippen molar-refractivity contribution in [2.24, 2.45) is 0 Å². The molecule has 0 heterocycles. The van der Waals surface area contributed by atoms with E-state index in [2.05, 4.69) is 191 Å². The second kappa shape index (κ2) is 14.1. The Balaban J connectivity index is 0.000000166. The Kier molecular flexibility index (Phi) is 10.9. The van der Waals surface area contributed by atoms with Gasteiger partial charge < -0.3 is 0 Å². The summed E-state index contributed by atoms with van der Waals surface area (Å²) in [6.07, 6.45) is 0. The molecule has 230 valence electrons. The molecule has 1 heteroatoms. The van der Waals surface area contributed by atoms with Crippen LogP contribution in [0.5, 0.6) is 0 Å². The van der Waals surface area contributed by atoms with Crippen LogP contribution >= 0.6 is 0 Å². The molecule has 0 saturated carbocycles. The van der Waals surface area contributed by atoms with E-state index in [1.54, 1.807) is 0 Å². The Morgan fingerprint density at radius 1 is 0.511 bits per heavy atom. The number of rotatable bonds is 2. The van der Waals surface area contributed by atoms with Crippen LogP contribution in [0, 0.1) is 6.92 Å². The summed E-state index contributed by atoms with van der Waals surface area (Å²) in [6.45, 7) is 22.5. The fourth-order valence-corrected chi connectivity index (χ4v) is 6.56. The van der Waals surface area contributed by atoms with E-state index < -0.39 is 0 Å². The summed E-state index contributed by atoms with van der Waals surface area (Å²) < 4.78 is 1.46. The van der Waals surface area contributed by atoms with Crippen LogP contribution < -0.4 is 0 Å². The predicted molar refractivity (Wildman–Crippen MR) is 196 cm³/mol. The molecule has 0 fully saturated rings. The first-order valence-corrected chi connectivity index (χ1v) is 17.9. The molecule has 6 aromatic carbocycles. The zero-order valence-corrected chi connectivity index (χ0v) is 32.6. The summed E-state index contributed by atoms with van der Waals surface area (Å²) >= 11 is 1.08. The normalized spacial score (nSPS) is 11.9. The van der Waals surface area contributed by atoms with Crippen molar-refractivity contribution in [2.45, 2.75) is 85.5 Å². The first-order chi connectivity index (χ1) is 21.0. The van der Waals surface area contributed by atoms with E-state index in [0.29, 0.717) is 5.41 Å². The SMILES string of the molecule is CC(C)(C)c1ccc2c(c1)[cH-]c1cc(C(C)(C)C)ccc12.Cc1cc(C(C)(C)C)c[cH-]1.[Hf+2]=[C](c1ccccc1)c1ccccc1. The average molecular weight is 757 g/mol. The Hall–Kier alpha value is -3.16. The quantitative estimate of drug-likeness (QED) is 0.122. The molecule has 0 aliphatic rings. The van der Waals surface area contributed by atoms with E-state index in [-0.39, 0.29) is 10.8 Å². The Bertz CT molecular complexity index is 1730. The predicted octanol–water partition coefficient (Wildman–Crippen LogP) is 12.1. The summed E-state index contributed by atoms with van der Waals surface area (Å²) in [5.41, 5.74) is 9.03. The van der Waals surface area contributed by atoms with Gasteiger partial charge in [0, 0.05) is 0 Å². The Labute approximate surface area is 287 Å². The van der Waals surface area contributed by atoms with Crippen molar-refractivity contribution >= 4 is 24.8 Å². The Morgan fingerprint density at radius 2 is 0.911 bits per heavy atom. The molecule has 6 rings (SSSR count). The monoisotopic (exact) mass is 758 g/mol. The third-order valence-electron chi connectivity index (χ3n) is 8.34. The summed E-state index contributed by atoms with van der Waals surface area (Å²) in [6, 6.07) is 44.0. The summed E-state index contributed by atoms with van der Waals surface area (Å²) in [7, 11) is 0. The molecule has 0 amide bonds. The molecule has 0 saturated heterocycles. The zero-order valence-electron chi connectivity index (χ0n) is 29.0. The van der Waals surface area contributed by atoms with Crippen molar-refractivity contribution in [1.82, 2.24) is 0 Å². The number of fused-ring (bicyclic) bond motifs is 3. The van der Waals surface area contributed by atoms with Crippen LogP contribution in [0.1, 0.15) is 95.7 Å². The maximum absolute atomic E-state index is 2.35. The van der Waals surface area contributed by atoms with Gasteiger partial charge in [-0.15, -0.1) is 39.7 Å². The van der Waals surface area contributed by atoms with Gasteiger partial charge in [0.15, 0.2) is 0 Å². The van der Waals surface area contributed by atoms with Gasteiger partial charge in [-0.05, 0) is 10.8 Å². The van der Waals surface area contributed by atoms with Gasteiger partial charge >= 0.3 is 98.9 Å². The molecule has 0 aromatic heterocycles. The van der Waals surface area contributed by atoms with Crippen LogP contribution in [-0.4, -0.2) is 3.26 Å². The molecule has 0 bridgehead atoms. The van der Waals surface area contributed by atoms with E-state index in [1.807, 2.05) is 0 Å². The molecule has 0 aliphatic heterocycles. The topological polar surface area (TPSA) is 0 Å². The van der Waals surface area contributed by atoms with E-state index in [9.17, 15) is 0 Å². The summed E-state index contributed by atoms with van der Waals surface area (Å²) in [5.74, 6) is 0. The van der Waals surface area contributed by atoms with Crippen LogP contribution in [0.15, 0.2) is 121 Å². The number of hydrogen-bond donors (Lipinski definition) is 0. The van der Waals surface area contributed by atoms with Gasteiger partial charge in [0.05, 0.1) is 0 Å². The van der Waals surface area contributed by atoms with Gasteiger partial charge in [0.2, 0.25) is 0 Å². The summed E-state index contributed by atoms with van der Waals surface area (Å²) in [4.78, 5) is 0. The van der Waals surface area contributed by atoms with Crippen LogP contribution in [0.4, 0.5) is 0 Å². The third kappa shape index (κ3) is 9.20. The van der Waals surface area contributed by atoms with Gasteiger partial charge in [-0.25, -0.2) is 6.07 Å². The van der Waals surface area contributed by atoms with Crippen molar-refractivity contribution in [1.29, 1.82) is 0 Å². The fraction of sp³-hybridized carbons (Fsp3) is 0.295. The van der Waals surface area contributed by atoms with E-state index >= 15 is 0 Å². The van der Waals surface area contributed by atoms with E-state index in [1.165, 1.54) is 58.2 Å². The molecule has 0 atom stereocenters. The molecule has 0 spiro atoms. The number of hydrogen-bond acceptors (Lipinski definition) is 0. The van der Waals surface area contributed by atoms with E-state index in [4.69, 9.17) is 0 Å². The minimum atomic E-state index is 0.203. The van der Waals surface area contributed by atoms with Crippen molar-refractivity contribution in [3.63, 3.8) is 0 Å². The maximum atomic E-state index is 2.35.